The zero-order chi connectivity index (χ0) is 28.5. The molecule has 2 unspecified atom stereocenters. The van der Waals surface area contributed by atoms with Gasteiger partial charge in [-0.15, -0.1) is 0 Å². The molecule has 0 bridgehead atoms. The van der Waals surface area contributed by atoms with Crippen LogP contribution in [0.5, 0.6) is 0 Å². The van der Waals surface area contributed by atoms with Crippen molar-refractivity contribution in [2.45, 2.75) is 32.4 Å². The highest BCUT2D eigenvalue weighted by molar-refractivity contribution is 6.03. The Morgan fingerprint density at radius 2 is 1.75 bits per heavy atom. The van der Waals surface area contributed by atoms with Crippen LogP contribution in [0.3, 0.4) is 0 Å². The molecule has 3 aromatic rings. The van der Waals surface area contributed by atoms with Gasteiger partial charge < -0.3 is 16.4 Å². The second-order valence-electron chi connectivity index (χ2n) is 9.82. The van der Waals surface area contributed by atoms with E-state index in [4.69, 9.17) is 11.0 Å². The molecule has 1 fully saturated rings. The summed E-state index contributed by atoms with van der Waals surface area (Å²) in [6, 6.07) is 23.7. The molecule has 1 heterocycles. The van der Waals surface area contributed by atoms with E-state index in [2.05, 4.69) is 40.4 Å². The number of nitrogens with two attached hydrogens (primary N) is 1. The molecular formula is C32H36N6O2. The number of amides is 2. The topological polar surface area (TPSA) is 114 Å². The first-order valence-corrected chi connectivity index (χ1v) is 13.6. The molecule has 2 amide bonds. The first-order valence-electron chi connectivity index (χ1n) is 13.6. The molecule has 0 radical (unpaired) electrons. The third-order valence-electron chi connectivity index (χ3n) is 7.32. The Labute approximate surface area is 236 Å². The first kappa shape index (κ1) is 28.6. The van der Waals surface area contributed by atoms with Crippen LogP contribution >= 0.6 is 0 Å². The molecule has 2 atom stereocenters. The van der Waals surface area contributed by atoms with Crippen molar-refractivity contribution in [1.29, 1.82) is 5.26 Å². The largest absolute Gasteiger partial charge is 0.397 e. The van der Waals surface area contributed by atoms with E-state index in [1.165, 1.54) is 6.08 Å². The van der Waals surface area contributed by atoms with Gasteiger partial charge in [-0.25, -0.2) is 0 Å². The highest BCUT2D eigenvalue weighted by Crippen LogP contribution is 2.29. The van der Waals surface area contributed by atoms with Crippen molar-refractivity contribution in [2.24, 2.45) is 0 Å². The van der Waals surface area contributed by atoms with Crippen LogP contribution in [0.2, 0.25) is 0 Å². The Balaban J connectivity index is 1.51. The summed E-state index contributed by atoms with van der Waals surface area (Å²) in [6.45, 7) is 7.91. The molecular weight excluding hydrogens is 500 g/mol. The molecule has 1 saturated heterocycles. The van der Waals surface area contributed by atoms with Gasteiger partial charge in [0, 0.05) is 30.9 Å². The standard InChI is InChI=1S/C32H36N6O2/c1-3-37(4-2)27-19-20-38(22-27)31(32(40)35-26-16-11-24(21-33)12-17-26)25-14-9-23(10-15-25)13-18-30(39)36-29-8-6-5-7-28(29)34/h5-18,27,31H,3-4,19-20,22,34H2,1-2H3,(H,35,40)(H,36,39). The predicted molar refractivity (Wildman–Crippen MR) is 160 cm³/mol. The van der Waals surface area contributed by atoms with Gasteiger partial charge in [0.2, 0.25) is 11.8 Å². The average Bonchev–Trinajstić information content (AvgIpc) is 3.44. The molecule has 0 saturated carbocycles. The van der Waals surface area contributed by atoms with Gasteiger partial charge in [-0.1, -0.05) is 50.2 Å². The van der Waals surface area contributed by atoms with Crippen LogP contribution in [0.25, 0.3) is 6.08 Å². The lowest BCUT2D eigenvalue weighted by atomic mass is 10.0. The smallest absolute Gasteiger partial charge is 0.248 e. The molecule has 40 heavy (non-hydrogen) atoms. The highest BCUT2D eigenvalue weighted by Gasteiger charge is 2.35. The summed E-state index contributed by atoms with van der Waals surface area (Å²) in [5.41, 5.74) is 9.89. The Morgan fingerprint density at radius 1 is 1.05 bits per heavy atom. The number of likely N-dealkylation sites (N-methyl/N-ethyl adjacent to an activating group) is 1. The molecule has 8 nitrogen and oxygen atoms in total. The fourth-order valence-electron chi connectivity index (χ4n) is 5.15. The first-order chi connectivity index (χ1) is 19.4. The van der Waals surface area contributed by atoms with E-state index in [1.807, 2.05) is 36.4 Å². The number of nitrogen functional groups attached to an aromatic ring is 1. The van der Waals surface area contributed by atoms with Gasteiger partial charge in [0.15, 0.2) is 0 Å². The molecule has 1 aliphatic rings. The maximum absolute atomic E-state index is 13.7. The lowest BCUT2D eigenvalue weighted by Gasteiger charge is -2.30. The van der Waals surface area contributed by atoms with E-state index in [0.717, 1.165) is 43.7 Å². The fourth-order valence-corrected chi connectivity index (χ4v) is 5.15. The zero-order valence-corrected chi connectivity index (χ0v) is 23.0. The van der Waals surface area contributed by atoms with Crippen LogP contribution in [0.1, 0.15) is 43.0 Å². The molecule has 206 valence electrons. The summed E-state index contributed by atoms with van der Waals surface area (Å²) < 4.78 is 0. The number of para-hydroxylation sites is 2. The normalized spacial score (nSPS) is 16.1. The lowest BCUT2D eigenvalue weighted by Crippen LogP contribution is -2.40. The van der Waals surface area contributed by atoms with Crippen LogP contribution in [-0.4, -0.2) is 53.8 Å². The van der Waals surface area contributed by atoms with Crippen molar-refractivity contribution in [2.75, 3.05) is 42.5 Å². The van der Waals surface area contributed by atoms with Crippen LogP contribution in [0.4, 0.5) is 17.1 Å². The monoisotopic (exact) mass is 536 g/mol. The highest BCUT2D eigenvalue weighted by atomic mass is 16.2. The average molecular weight is 537 g/mol. The third-order valence-corrected chi connectivity index (χ3v) is 7.32. The summed E-state index contributed by atoms with van der Waals surface area (Å²) in [5, 5.41) is 14.9. The maximum Gasteiger partial charge on any atom is 0.248 e. The number of nitrogens with zero attached hydrogens (tertiary/aromatic N) is 3. The number of nitriles is 1. The van der Waals surface area contributed by atoms with Crippen LogP contribution < -0.4 is 16.4 Å². The van der Waals surface area contributed by atoms with E-state index in [-0.39, 0.29) is 11.8 Å². The Kier molecular flexibility index (Phi) is 9.68. The minimum Gasteiger partial charge on any atom is -0.397 e. The summed E-state index contributed by atoms with van der Waals surface area (Å²) in [7, 11) is 0. The Morgan fingerprint density at radius 3 is 2.40 bits per heavy atom. The van der Waals surface area contributed by atoms with Crippen molar-refractivity contribution >= 4 is 35.0 Å². The number of nitrogens with one attached hydrogen (secondary N) is 2. The van der Waals surface area contributed by atoms with Gasteiger partial charge in [0.05, 0.1) is 23.0 Å². The second-order valence-corrected chi connectivity index (χ2v) is 9.82. The quantitative estimate of drug-likeness (QED) is 0.251. The van der Waals surface area contributed by atoms with Crippen molar-refractivity contribution < 1.29 is 9.59 Å². The molecule has 8 heteroatoms. The zero-order valence-electron chi connectivity index (χ0n) is 23.0. The number of likely N-dealkylation sites (tertiary alicyclic amines) is 1. The Hall–Kier alpha value is -4.45. The van der Waals surface area contributed by atoms with E-state index in [1.54, 1.807) is 42.5 Å². The molecule has 1 aliphatic heterocycles. The number of hydrogen-bond acceptors (Lipinski definition) is 6. The van der Waals surface area contributed by atoms with Gasteiger partial charge in [-0.3, -0.25) is 19.4 Å². The maximum atomic E-state index is 13.7. The molecule has 0 aromatic heterocycles. The van der Waals surface area contributed by atoms with E-state index in [9.17, 15) is 9.59 Å². The van der Waals surface area contributed by atoms with Gasteiger partial charge in [-0.2, -0.15) is 5.26 Å². The molecule has 4 N–H and O–H groups in total. The van der Waals surface area contributed by atoms with Crippen molar-refractivity contribution in [3.8, 4) is 6.07 Å². The second kappa shape index (κ2) is 13.6. The van der Waals surface area contributed by atoms with Crippen molar-refractivity contribution in [1.82, 2.24) is 9.80 Å². The molecule has 0 aliphatic carbocycles. The number of anilines is 3. The number of benzene rings is 3. The van der Waals surface area contributed by atoms with Gasteiger partial charge >= 0.3 is 0 Å². The predicted octanol–water partition coefficient (Wildman–Crippen LogP) is 4.89. The van der Waals surface area contributed by atoms with E-state index in [0.29, 0.717) is 28.7 Å². The van der Waals surface area contributed by atoms with Crippen LogP contribution in [0.15, 0.2) is 78.9 Å². The van der Waals surface area contributed by atoms with Gasteiger partial charge in [0.1, 0.15) is 6.04 Å². The van der Waals surface area contributed by atoms with E-state index >= 15 is 0 Å². The Bertz CT molecular complexity index is 1370. The lowest BCUT2D eigenvalue weighted by molar-refractivity contribution is -0.121. The molecule has 0 spiro atoms. The summed E-state index contributed by atoms with van der Waals surface area (Å²) in [4.78, 5) is 30.7. The SMILES string of the molecule is CCN(CC)C1CCN(C(C(=O)Nc2ccc(C#N)cc2)c2ccc(C=CC(=O)Nc3ccccc3N)cc2)C1. The third kappa shape index (κ3) is 7.14. The van der Waals surface area contributed by atoms with E-state index < -0.39 is 6.04 Å². The van der Waals surface area contributed by atoms with Crippen molar-refractivity contribution in [3.05, 3.63) is 95.6 Å². The van der Waals surface area contributed by atoms with Gasteiger partial charge in [0.25, 0.3) is 0 Å². The minimum absolute atomic E-state index is 0.118. The van der Waals surface area contributed by atoms with Crippen LogP contribution in [0, 0.1) is 11.3 Å². The van der Waals surface area contributed by atoms with Crippen molar-refractivity contribution in [3.63, 3.8) is 0 Å². The number of rotatable bonds is 10. The van der Waals surface area contributed by atoms with Gasteiger partial charge in [-0.05, 0) is 73.1 Å². The fraction of sp³-hybridized carbons (Fsp3) is 0.281. The summed E-state index contributed by atoms with van der Waals surface area (Å²) in [5.74, 6) is -0.394. The number of carbonyl (C=O) groups is 2. The molecule has 3 aromatic carbocycles. The van der Waals surface area contributed by atoms with Crippen LogP contribution in [-0.2, 0) is 9.59 Å². The number of carbonyl (C=O) groups excluding carboxylic acids is 2. The summed E-state index contributed by atoms with van der Waals surface area (Å²) >= 11 is 0. The molecule has 4 rings (SSSR count). The minimum atomic E-state index is -0.474. The summed E-state index contributed by atoms with van der Waals surface area (Å²) in [6.07, 6.45) is 4.20. The number of hydrogen-bond donors (Lipinski definition) is 3.